The van der Waals surface area contributed by atoms with Crippen LogP contribution in [0.2, 0.25) is 0 Å². The maximum Gasteiger partial charge on any atom is 0.282 e. The van der Waals surface area contributed by atoms with Crippen molar-refractivity contribution < 1.29 is 19.7 Å². The third-order valence-electron chi connectivity index (χ3n) is 3.92. The number of hydrogen-bond donors (Lipinski definition) is 3. The molecule has 2 aromatic carbocycles. The van der Waals surface area contributed by atoms with Gasteiger partial charge in [-0.15, -0.1) is 0 Å². The number of amides is 1. The Kier molecular flexibility index (Phi) is 7.44. The van der Waals surface area contributed by atoms with Gasteiger partial charge in [0.15, 0.2) is 6.04 Å². The van der Waals surface area contributed by atoms with E-state index in [0.29, 0.717) is 0 Å². The summed E-state index contributed by atoms with van der Waals surface area (Å²) < 4.78 is 5.75. The van der Waals surface area contributed by atoms with Crippen LogP contribution in [0, 0.1) is 0 Å². The second kappa shape index (κ2) is 9.81. The number of hydrogen-bond acceptors (Lipinski definition) is 2. The van der Waals surface area contributed by atoms with Crippen molar-refractivity contribution in [3.05, 3.63) is 54.6 Å². The van der Waals surface area contributed by atoms with Gasteiger partial charge >= 0.3 is 0 Å². The molecule has 1 amide bonds. The third kappa shape index (κ3) is 6.95. The molecule has 2 rings (SSSR count). The molecule has 0 spiro atoms. The van der Waals surface area contributed by atoms with Crippen molar-refractivity contribution >= 4 is 11.6 Å². The lowest BCUT2D eigenvalue weighted by Gasteiger charge is -2.12. The molecule has 4 N–H and O–H groups in total. The molecule has 0 aliphatic heterocycles. The van der Waals surface area contributed by atoms with Gasteiger partial charge in [0.1, 0.15) is 11.5 Å². The number of quaternary nitrogens is 2. The molecule has 134 valence electrons. The quantitative estimate of drug-likeness (QED) is 0.593. The van der Waals surface area contributed by atoms with Crippen molar-refractivity contribution in [2.45, 2.75) is 19.4 Å². The summed E-state index contributed by atoms with van der Waals surface area (Å²) in [6.45, 7) is 4.02. The lowest BCUT2D eigenvalue weighted by atomic mass is 10.2. The zero-order chi connectivity index (χ0) is 18.1. The average molecular weight is 343 g/mol. The molecule has 0 radical (unpaired) electrons. The average Bonchev–Trinajstić information content (AvgIpc) is 2.61. The van der Waals surface area contributed by atoms with Crippen molar-refractivity contribution in [3.8, 4) is 11.5 Å². The minimum Gasteiger partial charge on any atom is -0.457 e. The van der Waals surface area contributed by atoms with Gasteiger partial charge in [-0.2, -0.15) is 0 Å². The largest absolute Gasteiger partial charge is 0.457 e. The first-order valence-corrected chi connectivity index (χ1v) is 8.81. The first-order valence-electron chi connectivity index (χ1n) is 8.81. The molecular formula is C20H29N3O2+2. The molecule has 2 aromatic rings. The van der Waals surface area contributed by atoms with E-state index in [1.807, 2.05) is 61.5 Å². The highest BCUT2D eigenvalue weighted by Gasteiger charge is 2.15. The van der Waals surface area contributed by atoms with E-state index in [4.69, 9.17) is 4.74 Å². The van der Waals surface area contributed by atoms with Gasteiger partial charge in [-0.05, 0) is 43.3 Å². The van der Waals surface area contributed by atoms with Crippen molar-refractivity contribution in [2.24, 2.45) is 0 Å². The van der Waals surface area contributed by atoms with Crippen molar-refractivity contribution in [1.82, 2.24) is 0 Å². The number of para-hydroxylation sites is 1. The summed E-state index contributed by atoms with van der Waals surface area (Å²) in [4.78, 5) is 13.7. The molecule has 0 aromatic heterocycles. The van der Waals surface area contributed by atoms with Gasteiger partial charge in [0.05, 0.1) is 27.2 Å². The molecule has 0 saturated heterocycles. The summed E-state index contributed by atoms with van der Waals surface area (Å²) in [7, 11) is 4.28. The molecule has 0 aliphatic carbocycles. The summed E-state index contributed by atoms with van der Waals surface area (Å²) in [5.74, 6) is 1.56. The number of nitrogens with one attached hydrogen (secondary N) is 2. The van der Waals surface area contributed by atoms with Crippen LogP contribution in [0.3, 0.4) is 0 Å². The van der Waals surface area contributed by atoms with Crippen LogP contribution in [0.1, 0.15) is 13.3 Å². The Balaban J connectivity index is 1.78. The zero-order valence-corrected chi connectivity index (χ0v) is 15.3. The Labute approximate surface area is 150 Å². The predicted octanol–water partition coefficient (Wildman–Crippen LogP) is 0.904. The predicted molar refractivity (Wildman–Crippen MR) is 100 cm³/mol. The van der Waals surface area contributed by atoms with E-state index in [1.165, 1.54) is 4.90 Å². The first-order chi connectivity index (χ1) is 12.0. The number of carbonyl (C=O) groups excluding carboxylic acids is 1. The zero-order valence-electron chi connectivity index (χ0n) is 15.3. The number of nitrogens with two attached hydrogens (primary N) is 1. The summed E-state index contributed by atoms with van der Waals surface area (Å²) >= 11 is 0. The maximum absolute atomic E-state index is 12.2. The molecule has 0 heterocycles. The lowest BCUT2D eigenvalue weighted by molar-refractivity contribution is -0.860. The molecular weight excluding hydrogens is 314 g/mol. The highest BCUT2D eigenvalue weighted by atomic mass is 16.5. The minimum atomic E-state index is -0.0996. The van der Waals surface area contributed by atoms with Gasteiger partial charge in [0.25, 0.3) is 5.91 Å². The summed E-state index contributed by atoms with van der Waals surface area (Å²) in [6.07, 6.45) is 1.10. The van der Waals surface area contributed by atoms with Gasteiger partial charge < -0.3 is 20.3 Å². The van der Waals surface area contributed by atoms with Gasteiger partial charge in [-0.3, -0.25) is 4.79 Å². The minimum absolute atomic E-state index is 0.0222. The normalized spacial score (nSPS) is 12.0. The van der Waals surface area contributed by atoms with Crippen LogP contribution in [0.25, 0.3) is 0 Å². The Morgan fingerprint density at radius 2 is 1.72 bits per heavy atom. The molecule has 1 atom stereocenters. The summed E-state index contributed by atoms with van der Waals surface area (Å²) in [5, 5.41) is 5.04. The molecule has 0 fully saturated rings. The Bertz CT molecular complexity index is 642. The van der Waals surface area contributed by atoms with Crippen LogP contribution in [0.4, 0.5) is 5.69 Å². The van der Waals surface area contributed by atoms with E-state index < -0.39 is 0 Å². The topological polar surface area (TPSA) is 59.4 Å². The van der Waals surface area contributed by atoms with Crippen LogP contribution in [-0.2, 0) is 4.79 Å². The standard InChI is InChI=1S/C20H27N3O2/c1-16(21-14-7-15-23(2)3)20(24)22-17-10-12-19(13-11-17)25-18-8-5-4-6-9-18/h4-6,8-13,16,21H,7,14-15H2,1-3H3,(H,22,24)/p+2/t16-/m0/s1. The fraction of sp³-hybridized carbons (Fsp3) is 0.350. The van der Waals surface area contributed by atoms with Crippen LogP contribution in [-0.4, -0.2) is 39.1 Å². The Hall–Kier alpha value is -2.37. The second-order valence-electron chi connectivity index (χ2n) is 6.55. The molecule has 0 aliphatic rings. The molecule has 0 bridgehead atoms. The van der Waals surface area contributed by atoms with E-state index in [-0.39, 0.29) is 11.9 Å². The highest BCUT2D eigenvalue weighted by molar-refractivity contribution is 5.93. The maximum atomic E-state index is 12.2. The smallest absolute Gasteiger partial charge is 0.282 e. The van der Waals surface area contributed by atoms with Gasteiger partial charge in [0.2, 0.25) is 0 Å². The van der Waals surface area contributed by atoms with Crippen molar-refractivity contribution in [2.75, 3.05) is 32.5 Å². The number of rotatable bonds is 9. The van der Waals surface area contributed by atoms with Crippen LogP contribution < -0.4 is 20.3 Å². The van der Waals surface area contributed by atoms with Crippen molar-refractivity contribution in [1.29, 1.82) is 0 Å². The number of benzene rings is 2. The highest BCUT2D eigenvalue weighted by Crippen LogP contribution is 2.22. The lowest BCUT2D eigenvalue weighted by Crippen LogP contribution is -3.06. The number of ether oxygens (including phenoxy) is 1. The van der Waals surface area contributed by atoms with E-state index in [9.17, 15) is 4.79 Å². The van der Waals surface area contributed by atoms with Crippen LogP contribution in [0.5, 0.6) is 11.5 Å². The molecule has 25 heavy (non-hydrogen) atoms. The fourth-order valence-electron chi connectivity index (χ4n) is 2.42. The molecule has 0 saturated carbocycles. The summed E-state index contributed by atoms with van der Waals surface area (Å²) in [6, 6.07) is 17.0. The monoisotopic (exact) mass is 343 g/mol. The van der Waals surface area contributed by atoms with Crippen LogP contribution >= 0.6 is 0 Å². The van der Waals surface area contributed by atoms with E-state index in [2.05, 4.69) is 24.7 Å². The van der Waals surface area contributed by atoms with Crippen molar-refractivity contribution in [3.63, 3.8) is 0 Å². The fourth-order valence-corrected chi connectivity index (χ4v) is 2.42. The Morgan fingerprint density at radius 1 is 1.08 bits per heavy atom. The first kappa shape index (κ1) is 19.0. The molecule has 0 unspecified atom stereocenters. The van der Waals surface area contributed by atoms with Gasteiger partial charge in [-0.25, -0.2) is 0 Å². The Morgan fingerprint density at radius 3 is 2.36 bits per heavy atom. The number of anilines is 1. The third-order valence-corrected chi connectivity index (χ3v) is 3.92. The molecule has 5 heteroatoms. The second-order valence-corrected chi connectivity index (χ2v) is 6.55. The van der Waals surface area contributed by atoms with Crippen LogP contribution in [0.15, 0.2) is 54.6 Å². The van der Waals surface area contributed by atoms with Gasteiger partial charge in [-0.1, -0.05) is 18.2 Å². The van der Waals surface area contributed by atoms with Gasteiger partial charge in [0, 0.05) is 12.1 Å². The van der Waals surface area contributed by atoms with E-state index in [0.717, 1.165) is 36.7 Å². The SMILES string of the molecule is C[C@H]([NH2+]CCC[NH+](C)C)C(=O)Nc1ccc(Oc2ccccc2)cc1. The number of carbonyl (C=O) groups is 1. The molecule has 5 nitrogen and oxygen atoms in total. The van der Waals surface area contributed by atoms with E-state index in [1.54, 1.807) is 0 Å². The summed E-state index contributed by atoms with van der Waals surface area (Å²) in [5.41, 5.74) is 0.781. The van der Waals surface area contributed by atoms with E-state index >= 15 is 0 Å².